The third kappa shape index (κ3) is 2.72. The number of carbonyl (C=O) groups excluding carboxylic acids is 1. The summed E-state index contributed by atoms with van der Waals surface area (Å²) in [5, 5.41) is 0. The Morgan fingerprint density at radius 3 is 2.17 bits per heavy atom. The molecule has 1 saturated carbocycles. The third-order valence-corrected chi connectivity index (χ3v) is 4.77. The highest BCUT2D eigenvalue weighted by Gasteiger charge is 2.52. The van der Waals surface area contributed by atoms with Crippen molar-refractivity contribution < 1.29 is 9.53 Å². The van der Waals surface area contributed by atoms with Gasteiger partial charge in [-0.3, -0.25) is 4.79 Å². The molecule has 0 spiro atoms. The maximum atomic E-state index is 11.7. The van der Waals surface area contributed by atoms with Crippen LogP contribution in [-0.2, 0) is 14.9 Å². The van der Waals surface area contributed by atoms with Gasteiger partial charge in [0.2, 0.25) is 0 Å². The van der Waals surface area contributed by atoms with Gasteiger partial charge < -0.3 is 4.74 Å². The summed E-state index contributed by atoms with van der Waals surface area (Å²) in [6.07, 6.45) is 1.84. The Balaban J connectivity index is 2.10. The van der Waals surface area contributed by atoms with Crippen LogP contribution in [0.2, 0.25) is 0 Å². The van der Waals surface area contributed by atoms with Gasteiger partial charge in [-0.15, -0.1) is 11.8 Å². The minimum atomic E-state index is -0.308. The van der Waals surface area contributed by atoms with Crippen LogP contribution in [0.4, 0.5) is 0 Å². The molecule has 2 nitrogen and oxygen atoms in total. The molecule has 0 unspecified atom stereocenters. The molecule has 0 heterocycles. The minimum absolute atomic E-state index is 0.0904. The highest BCUT2D eigenvalue weighted by Crippen LogP contribution is 2.52. The van der Waals surface area contributed by atoms with Crippen molar-refractivity contribution in [2.45, 2.75) is 48.7 Å². The van der Waals surface area contributed by atoms with Crippen LogP contribution in [0.15, 0.2) is 29.2 Å². The van der Waals surface area contributed by atoms with Crippen molar-refractivity contribution in [1.29, 1.82) is 0 Å². The number of carbonyl (C=O) groups is 1. The van der Waals surface area contributed by atoms with Crippen LogP contribution < -0.4 is 0 Å². The van der Waals surface area contributed by atoms with E-state index in [4.69, 9.17) is 4.74 Å². The summed E-state index contributed by atoms with van der Waals surface area (Å²) >= 11 is 1.63. The molecule has 0 saturated heterocycles. The lowest BCUT2D eigenvalue weighted by Crippen LogP contribution is -2.20. The molecule has 0 atom stereocenters. The molecule has 98 valence electrons. The quantitative estimate of drug-likeness (QED) is 0.777. The van der Waals surface area contributed by atoms with E-state index in [9.17, 15) is 4.79 Å². The zero-order valence-corrected chi connectivity index (χ0v) is 12.3. The highest BCUT2D eigenvalue weighted by atomic mass is 32.2. The van der Waals surface area contributed by atoms with Crippen LogP contribution in [0.5, 0.6) is 0 Å². The summed E-state index contributed by atoms with van der Waals surface area (Å²) in [6, 6.07) is 8.51. The Morgan fingerprint density at radius 2 is 1.78 bits per heavy atom. The van der Waals surface area contributed by atoms with Crippen LogP contribution in [-0.4, -0.2) is 17.8 Å². The van der Waals surface area contributed by atoms with E-state index in [1.54, 1.807) is 11.8 Å². The molecule has 0 aliphatic heterocycles. The molecule has 2 rings (SSSR count). The summed E-state index contributed by atoms with van der Waals surface area (Å²) in [7, 11) is 1.46. The second-order valence-electron chi connectivity index (χ2n) is 5.86. The average Bonchev–Trinajstić information content (AvgIpc) is 3.08. The van der Waals surface area contributed by atoms with Gasteiger partial charge in [0.05, 0.1) is 7.11 Å². The van der Waals surface area contributed by atoms with E-state index >= 15 is 0 Å². The Labute approximate surface area is 113 Å². The number of esters is 1. The first kappa shape index (κ1) is 13.5. The molecule has 1 aliphatic carbocycles. The molecule has 1 aromatic carbocycles. The Kier molecular flexibility index (Phi) is 3.45. The summed E-state index contributed by atoms with van der Waals surface area (Å²) < 4.78 is 4.56. The van der Waals surface area contributed by atoms with Crippen LogP contribution in [0, 0.1) is 0 Å². The maximum absolute atomic E-state index is 11.7. The lowest BCUT2D eigenvalue weighted by molar-refractivity contribution is -0.140. The number of thioether (sulfide) groups is 1. The number of rotatable bonds is 3. The van der Waals surface area contributed by atoms with E-state index < -0.39 is 0 Å². The average molecular weight is 264 g/mol. The van der Waals surface area contributed by atoms with Gasteiger partial charge >= 0.3 is 5.97 Å². The molecule has 18 heavy (non-hydrogen) atoms. The van der Waals surface area contributed by atoms with Gasteiger partial charge in [0.25, 0.3) is 0 Å². The zero-order chi connectivity index (χ0) is 13.4. The molecule has 0 amide bonds. The molecule has 0 radical (unpaired) electrons. The van der Waals surface area contributed by atoms with E-state index in [1.807, 2.05) is 0 Å². The number of ether oxygens (including phenoxy) is 1. The lowest BCUT2D eigenvalue weighted by Gasteiger charge is -2.19. The molecular weight excluding hydrogens is 244 g/mol. The smallest absolute Gasteiger partial charge is 0.322 e. The predicted octanol–water partition coefficient (Wildman–Crippen LogP) is 3.78. The van der Waals surface area contributed by atoms with Crippen molar-refractivity contribution in [2.75, 3.05) is 7.11 Å². The number of hydrogen-bond acceptors (Lipinski definition) is 3. The highest BCUT2D eigenvalue weighted by molar-refractivity contribution is 8.01. The maximum Gasteiger partial charge on any atom is 0.322 e. The van der Waals surface area contributed by atoms with Crippen LogP contribution in [0.25, 0.3) is 0 Å². The molecule has 3 heteroatoms. The van der Waals surface area contributed by atoms with Crippen molar-refractivity contribution in [3.05, 3.63) is 29.8 Å². The fourth-order valence-corrected chi connectivity index (χ4v) is 3.09. The summed E-state index contributed by atoms with van der Waals surface area (Å²) in [6.45, 7) is 6.60. The second-order valence-corrected chi connectivity index (χ2v) is 7.32. The van der Waals surface area contributed by atoms with Gasteiger partial charge in [-0.1, -0.05) is 32.9 Å². The Bertz CT molecular complexity index is 439. The molecule has 1 aromatic rings. The first-order valence-corrected chi connectivity index (χ1v) is 7.07. The topological polar surface area (TPSA) is 26.3 Å². The van der Waals surface area contributed by atoms with E-state index in [2.05, 4.69) is 45.0 Å². The van der Waals surface area contributed by atoms with E-state index in [0.717, 1.165) is 17.7 Å². The first-order valence-electron chi connectivity index (χ1n) is 6.25. The predicted molar refractivity (Wildman–Crippen MR) is 75.0 cm³/mol. The van der Waals surface area contributed by atoms with Crippen molar-refractivity contribution >= 4 is 17.7 Å². The first-order chi connectivity index (χ1) is 8.37. The standard InChI is InChI=1S/C15H20O2S/c1-14(2,3)11-5-7-12(8-6-11)18-15(9-10-15)13(16)17-4/h5-8H,9-10H2,1-4H3. The minimum Gasteiger partial charge on any atom is -0.468 e. The van der Waals surface area contributed by atoms with Crippen LogP contribution in [0.1, 0.15) is 39.2 Å². The van der Waals surface area contributed by atoms with Crippen molar-refractivity contribution in [1.82, 2.24) is 0 Å². The molecular formula is C15H20O2S. The van der Waals surface area contributed by atoms with Crippen LogP contribution >= 0.6 is 11.8 Å². The zero-order valence-electron chi connectivity index (χ0n) is 11.4. The van der Waals surface area contributed by atoms with Gasteiger partial charge in [-0.05, 0) is 36.0 Å². The largest absolute Gasteiger partial charge is 0.468 e. The number of hydrogen-bond donors (Lipinski definition) is 0. The van der Waals surface area contributed by atoms with E-state index in [0.29, 0.717) is 0 Å². The van der Waals surface area contributed by atoms with Gasteiger partial charge in [0.1, 0.15) is 4.75 Å². The fourth-order valence-electron chi connectivity index (χ4n) is 1.90. The molecule has 1 aliphatic rings. The molecule has 1 fully saturated rings. The normalized spacial score (nSPS) is 17.3. The van der Waals surface area contributed by atoms with Gasteiger partial charge in [0, 0.05) is 4.90 Å². The molecule has 0 aromatic heterocycles. The van der Waals surface area contributed by atoms with E-state index in [-0.39, 0.29) is 16.1 Å². The van der Waals surface area contributed by atoms with Crippen LogP contribution in [0.3, 0.4) is 0 Å². The van der Waals surface area contributed by atoms with Gasteiger partial charge in [-0.2, -0.15) is 0 Å². The fraction of sp³-hybridized carbons (Fsp3) is 0.533. The Hall–Kier alpha value is -0.960. The lowest BCUT2D eigenvalue weighted by atomic mass is 9.87. The summed E-state index contributed by atoms with van der Waals surface area (Å²) in [5.74, 6) is -0.0904. The summed E-state index contributed by atoms with van der Waals surface area (Å²) in [5.41, 5.74) is 1.48. The number of methoxy groups -OCH3 is 1. The van der Waals surface area contributed by atoms with Crippen molar-refractivity contribution in [3.8, 4) is 0 Å². The number of benzene rings is 1. The molecule has 0 bridgehead atoms. The second kappa shape index (κ2) is 4.61. The monoisotopic (exact) mass is 264 g/mol. The third-order valence-electron chi connectivity index (χ3n) is 3.30. The van der Waals surface area contributed by atoms with E-state index in [1.165, 1.54) is 12.7 Å². The Morgan fingerprint density at radius 1 is 1.22 bits per heavy atom. The van der Waals surface area contributed by atoms with Crippen molar-refractivity contribution in [2.24, 2.45) is 0 Å². The SMILES string of the molecule is COC(=O)C1(Sc2ccc(C(C)(C)C)cc2)CC1. The molecule has 0 N–H and O–H groups in total. The van der Waals surface area contributed by atoms with Gasteiger partial charge in [-0.25, -0.2) is 0 Å². The van der Waals surface area contributed by atoms with Crippen molar-refractivity contribution in [3.63, 3.8) is 0 Å². The van der Waals surface area contributed by atoms with Gasteiger partial charge in [0.15, 0.2) is 0 Å². The summed E-state index contributed by atoms with van der Waals surface area (Å²) in [4.78, 5) is 12.8.